The number of carbonyl (C=O) groups is 1. The van der Waals surface area contributed by atoms with Gasteiger partial charge in [0.1, 0.15) is 0 Å². The van der Waals surface area contributed by atoms with Gasteiger partial charge in [0, 0.05) is 39.1 Å². The number of benzene rings is 2. The predicted octanol–water partition coefficient (Wildman–Crippen LogP) is 2.56. The fraction of sp³-hybridized carbons (Fsp3) is 0.391. The number of nitrogens with zero attached hydrogens (tertiary/aromatic N) is 3. The van der Waals surface area contributed by atoms with Gasteiger partial charge in [0.15, 0.2) is 0 Å². The zero-order valence-electron chi connectivity index (χ0n) is 18.9. The van der Waals surface area contributed by atoms with Gasteiger partial charge in [-0.25, -0.2) is 13.2 Å². The first-order valence-electron chi connectivity index (χ1n) is 10.7. The molecule has 172 valence electrons. The Morgan fingerprint density at radius 3 is 2.19 bits per heavy atom. The quantitative estimate of drug-likeness (QED) is 0.533. The maximum Gasteiger partial charge on any atom is 0.329 e. The van der Waals surface area contributed by atoms with Crippen LogP contribution in [-0.2, 0) is 34.5 Å². The summed E-state index contributed by atoms with van der Waals surface area (Å²) in [6, 6.07) is 13.9. The molecule has 3 aromatic rings. The first-order chi connectivity index (χ1) is 15.2. The van der Waals surface area contributed by atoms with Gasteiger partial charge < -0.3 is 5.32 Å². The smallest absolute Gasteiger partial charge is 0.329 e. The van der Waals surface area contributed by atoms with Gasteiger partial charge in [0.2, 0.25) is 15.9 Å². The summed E-state index contributed by atoms with van der Waals surface area (Å²) in [5, 5.41) is 2.84. The summed E-state index contributed by atoms with van der Waals surface area (Å²) in [5.41, 5.74) is 2.35. The van der Waals surface area contributed by atoms with Crippen molar-refractivity contribution in [3.05, 3.63) is 64.6 Å². The highest BCUT2D eigenvalue weighted by Crippen LogP contribution is 2.17. The van der Waals surface area contributed by atoms with E-state index >= 15 is 0 Å². The fourth-order valence-electron chi connectivity index (χ4n) is 3.52. The molecule has 32 heavy (non-hydrogen) atoms. The lowest BCUT2D eigenvalue weighted by Crippen LogP contribution is -2.33. The molecule has 1 aromatic heterocycles. The summed E-state index contributed by atoms with van der Waals surface area (Å²) in [6.45, 7) is 6.69. The molecule has 0 saturated heterocycles. The molecule has 1 amide bonds. The van der Waals surface area contributed by atoms with Crippen molar-refractivity contribution in [3.8, 4) is 0 Å². The van der Waals surface area contributed by atoms with Gasteiger partial charge in [-0.05, 0) is 50.6 Å². The second-order valence-corrected chi connectivity index (χ2v) is 9.95. The van der Waals surface area contributed by atoms with Crippen molar-refractivity contribution in [2.75, 3.05) is 7.05 Å². The van der Waals surface area contributed by atoms with Crippen LogP contribution in [0.4, 0.5) is 0 Å². The average Bonchev–Trinajstić information content (AvgIpc) is 3.06. The number of aromatic nitrogens is 2. The van der Waals surface area contributed by atoms with Crippen LogP contribution in [0.3, 0.4) is 0 Å². The Balaban J connectivity index is 1.61. The van der Waals surface area contributed by atoms with E-state index in [1.807, 2.05) is 45.0 Å². The van der Waals surface area contributed by atoms with E-state index in [2.05, 4.69) is 5.32 Å². The molecule has 8 nitrogen and oxygen atoms in total. The summed E-state index contributed by atoms with van der Waals surface area (Å²) in [5.74, 6) is -0.179. The molecule has 1 heterocycles. The van der Waals surface area contributed by atoms with Crippen molar-refractivity contribution < 1.29 is 13.2 Å². The SMILES string of the molecule is CCn1c(=O)n(CCC(=O)NCc2ccc(S(=O)(=O)N(C)C(C)C)cc2)c2ccccc21. The molecule has 0 aliphatic carbocycles. The van der Waals surface area contributed by atoms with Gasteiger partial charge in [-0.1, -0.05) is 24.3 Å². The third-order valence-corrected chi connectivity index (χ3v) is 7.67. The third kappa shape index (κ3) is 4.78. The van der Waals surface area contributed by atoms with Crippen molar-refractivity contribution >= 4 is 27.0 Å². The van der Waals surface area contributed by atoms with Crippen LogP contribution in [0.15, 0.2) is 58.2 Å². The van der Waals surface area contributed by atoms with Gasteiger partial charge in [0.05, 0.1) is 15.9 Å². The lowest BCUT2D eigenvalue weighted by molar-refractivity contribution is -0.121. The minimum atomic E-state index is -3.54. The van der Waals surface area contributed by atoms with Crippen LogP contribution in [0.2, 0.25) is 0 Å². The predicted molar refractivity (Wildman–Crippen MR) is 125 cm³/mol. The summed E-state index contributed by atoms with van der Waals surface area (Å²) < 4.78 is 29.7. The number of fused-ring (bicyclic) bond motifs is 1. The number of hydrogen-bond donors (Lipinski definition) is 1. The van der Waals surface area contributed by atoms with Gasteiger partial charge in [0.25, 0.3) is 0 Å². The molecule has 0 aliphatic rings. The number of aryl methyl sites for hydroxylation is 2. The third-order valence-electron chi connectivity index (χ3n) is 5.62. The number of amides is 1. The molecule has 0 aliphatic heterocycles. The zero-order valence-corrected chi connectivity index (χ0v) is 19.7. The monoisotopic (exact) mass is 458 g/mol. The molecule has 3 rings (SSSR count). The van der Waals surface area contributed by atoms with E-state index in [9.17, 15) is 18.0 Å². The molecular weight excluding hydrogens is 428 g/mol. The molecule has 0 unspecified atom stereocenters. The molecule has 0 spiro atoms. The average molecular weight is 459 g/mol. The highest BCUT2D eigenvalue weighted by atomic mass is 32.2. The van der Waals surface area contributed by atoms with Gasteiger partial charge in [-0.2, -0.15) is 4.31 Å². The van der Waals surface area contributed by atoms with Crippen molar-refractivity contribution in [1.29, 1.82) is 0 Å². The molecule has 0 radical (unpaired) electrons. The molecule has 1 N–H and O–H groups in total. The first-order valence-corrected chi connectivity index (χ1v) is 12.1. The number of rotatable bonds is 9. The van der Waals surface area contributed by atoms with Crippen LogP contribution >= 0.6 is 0 Å². The lowest BCUT2D eigenvalue weighted by Gasteiger charge is -2.21. The van der Waals surface area contributed by atoms with E-state index in [-0.39, 0.29) is 42.0 Å². The number of imidazole rings is 1. The largest absolute Gasteiger partial charge is 0.352 e. The Hall–Kier alpha value is -2.91. The van der Waals surface area contributed by atoms with Crippen LogP contribution in [0.25, 0.3) is 11.0 Å². The molecule has 0 bridgehead atoms. The van der Waals surface area contributed by atoms with Crippen LogP contribution in [-0.4, -0.2) is 40.9 Å². The van der Waals surface area contributed by atoms with Crippen LogP contribution in [0.5, 0.6) is 0 Å². The van der Waals surface area contributed by atoms with E-state index < -0.39 is 10.0 Å². The lowest BCUT2D eigenvalue weighted by atomic mass is 10.2. The molecule has 0 saturated carbocycles. The van der Waals surface area contributed by atoms with E-state index in [0.29, 0.717) is 6.54 Å². The summed E-state index contributed by atoms with van der Waals surface area (Å²) in [7, 11) is -1.98. The first kappa shape index (κ1) is 23.7. The molecular formula is C23H30N4O4S. The fourth-order valence-corrected chi connectivity index (χ4v) is 4.89. The second-order valence-electron chi connectivity index (χ2n) is 7.95. The normalized spacial score (nSPS) is 12.1. The molecule has 9 heteroatoms. The Labute approximate surface area is 188 Å². The Morgan fingerprint density at radius 2 is 1.62 bits per heavy atom. The summed E-state index contributed by atoms with van der Waals surface area (Å²) in [6.07, 6.45) is 0.170. The van der Waals surface area contributed by atoms with E-state index in [1.165, 1.54) is 4.31 Å². The van der Waals surface area contributed by atoms with Crippen LogP contribution < -0.4 is 11.0 Å². The van der Waals surface area contributed by atoms with Gasteiger partial charge in [-0.3, -0.25) is 13.9 Å². The van der Waals surface area contributed by atoms with Gasteiger partial charge >= 0.3 is 5.69 Å². The number of hydrogen-bond acceptors (Lipinski definition) is 4. The van der Waals surface area contributed by atoms with Crippen LogP contribution in [0.1, 0.15) is 32.8 Å². The van der Waals surface area contributed by atoms with Gasteiger partial charge in [-0.15, -0.1) is 0 Å². The maximum atomic E-state index is 12.7. The summed E-state index contributed by atoms with van der Waals surface area (Å²) >= 11 is 0. The molecule has 2 aromatic carbocycles. The van der Waals surface area contributed by atoms with Crippen molar-refractivity contribution in [3.63, 3.8) is 0 Å². The molecule has 0 fully saturated rings. The Bertz CT molecular complexity index is 1260. The number of sulfonamides is 1. The number of nitrogens with one attached hydrogen (secondary N) is 1. The zero-order chi connectivity index (χ0) is 23.5. The Kier molecular flexibility index (Phi) is 7.20. The number of para-hydroxylation sites is 2. The standard InChI is InChI=1S/C23H30N4O4S/c1-5-26-20-8-6-7-9-21(20)27(23(26)29)15-14-22(28)24-16-18-10-12-19(13-11-18)32(30,31)25(4)17(2)3/h6-13,17H,5,14-16H2,1-4H3,(H,24,28). The van der Waals surface area contributed by atoms with Crippen molar-refractivity contribution in [2.45, 2.75) is 57.8 Å². The van der Waals surface area contributed by atoms with E-state index in [1.54, 1.807) is 40.4 Å². The van der Waals surface area contributed by atoms with Crippen molar-refractivity contribution in [2.24, 2.45) is 0 Å². The minimum absolute atomic E-state index is 0.121. The summed E-state index contributed by atoms with van der Waals surface area (Å²) in [4.78, 5) is 25.2. The molecule has 0 atom stereocenters. The Morgan fingerprint density at radius 1 is 1.03 bits per heavy atom. The maximum absolute atomic E-state index is 12.7. The van der Waals surface area contributed by atoms with Crippen LogP contribution in [0, 0.1) is 0 Å². The minimum Gasteiger partial charge on any atom is -0.352 e. The van der Waals surface area contributed by atoms with Crippen molar-refractivity contribution in [1.82, 2.24) is 18.8 Å². The topological polar surface area (TPSA) is 93.4 Å². The highest BCUT2D eigenvalue weighted by Gasteiger charge is 2.22. The van der Waals surface area contributed by atoms with E-state index in [0.717, 1.165) is 16.6 Å². The second kappa shape index (κ2) is 9.70. The number of carbonyl (C=O) groups excluding carboxylic acids is 1. The highest BCUT2D eigenvalue weighted by molar-refractivity contribution is 7.89. The van der Waals surface area contributed by atoms with E-state index in [4.69, 9.17) is 0 Å².